The smallest absolute Gasteiger partial charge is 0.245 e. The number of allylic oxidation sites excluding steroid dienone is 2. The van der Waals surface area contributed by atoms with Crippen molar-refractivity contribution in [3.8, 4) is 0 Å². The van der Waals surface area contributed by atoms with Crippen LogP contribution in [-0.2, 0) is 33.8 Å². The zero-order valence-electron chi connectivity index (χ0n) is 25.6. The molecular weight excluding hydrogens is 540 g/mol. The van der Waals surface area contributed by atoms with Crippen LogP contribution >= 0.6 is 0 Å². The minimum atomic E-state index is -0.569. The van der Waals surface area contributed by atoms with Gasteiger partial charge in [-0.3, -0.25) is 28.8 Å². The largest absolute Gasteiger partial charge is 0.327 e. The quantitative estimate of drug-likeness (QED) is 0.304. The second-order valence-corrected chi connectivity index (χ2v) is 13.0. The van der Waals surface area contributed by atoms with Gasteiger partial charge in [0.2, 0.25) is 5.91 Å². The maximum absolute atomic E-state index is 14.2. The van der Waals surface area contributed by atoms with Gasteiger partial charge in [-0.15, -0.1) is 0 Å². The fraction of sp³-hybridized carbons (Fsp3) is 0.486. The van der Waals surface area contributed by atoms with Gasteiger partial charge in [0.1, 0.15) is 18.0 Å². The number of rotatable bonds is 4. The third-order valence-corrected chi connectivity index (χ3v) is 9.68. The molecule has 224 valence electrons. The molecule has 8 heteroatoms. The van der Waals surface area contributed by atoms with Gasteiger partial charge in [0.25, 0.3) is 0 Å². The van der Waals surface area contributed by atoms with Crippen LogP contribution in [0.15, 0.2) is 36.4 Å². The van der Waals surface area contributed by atoms with E-state index in [4.69, 9.17) is 0 Å². The number of carbonyl (C=O) groups is 4. The van der Waals surface area contributed by atoms with E-state index < -0.39 is 6.04 Å². The van der Waals surface area contributed by atoms with E-state index in [0.29, 0.717) is 37.8 Å². The molecule has 2 aromatic heterocycles. The molecule has 1 aromatic carbocycles. The second kappa shape index (κ2) is 11.3. The van der Waals surface area contributed by atoms with E-state index in [2.05, 4.69) is 28.3 Å². The Morgan fingerprint density at radius 2 is 1.86 bits per heavy atom. The third kappa shape index (κ3) is 5.59. The van der Waals surface area contributed by atoms with Crippen LogP contribution in [0.4, 0.5) is 0 Å². The number of piperidine rings is 1. The van der Waals surface area contributed by atoms with Gasteiger partial charge in [-0.1, -0.05) is 29.8 Å². The highest BCUT2D eigenvalue weighted by Gasteiger charge is 2.66. The van der Waals surface area contributed by atoms with Crippen molar-refractivity contribution in [2.75, 3.05) is 0 Å². The molecule has 6 rings (SSSR count). The van der Waals surface area contributed by atoms with Crippen molar-refractivity contribution < 1.29 is 19.2 Å². The summed E-state index contributed by atoms with van der Waals surface area (Å²) in [6.45, 7) is 7.31. The van der Waals surface area contributed by atoms with Crippen molar-refractivity contribution >= 4 is 34.2 Å². The molecule has 2 aliphatic heterocycles. The number of aryl methyl sites for hydroxylation is 3. The van der Waals surface area contributed by atoms with Crippen LogP contribution in [0.5, 0.6) is 0 Å². The topological polar surface area (TPSA) is 102 Å². The minimum Gasteiger partial charge on any atom is -0.327 e. The first kappa shape index (κ1) is 29.1. The summed E-state index contributed by atoms with van der Waals surface area (Å²) >= 11 is 0. The number of amides is 1. The number of aromatic nitrogens is 3. The third-order valence-electron chi connectivity index (χ3n) is 9.68. The maximum Gasteiger partial charge on any atom is 0.245 e. The SMILES string of the molecule is CC(=O)c1nn2c3c(cc(C)cc13)C/C=C/CCCC(=O)CC[C@@]13C[C@@H](C(=O)Cc4nc(C)ccc4C)N(C(=O)C2)[C@@H]1C3. The highest BCUT2D eigenvalue weighted by Crippen LogP contribution is 2.62. The van der Waals surface area contributed by atoms with Crippen LogP contribution in [0.3, 0.4) is 0 Å². The highest BCUT2D eigenvalue weighted by molar-refractivity contribution is 6.06. The van der Waals surface area contributed by atoms with Crippen molar-refractivity contribution in [2.45, 2.75) is 104 Å². The lowest BCUT2D eigenvalue weighted by molar-refractivity contribution is -0.139. The predicted octanol–water partition coefficient (Wildman–Crippen LogP) is 5.36. The van der Waals surface area contributed by atoms with Crippen LogP contribution in [0.1, 0.15) is 90.4 Å². The minimum absolute atomic E-state index is 0.0157. The van der Waals surface area contributed by atoms with Crippen molar-refractivity contribution in [3.63, 3.8) is 0 Å². The first-order valence-corrected chi connectivity index (χ1v) is 15.5. The number of ketones is 3. The van der Waals surface area contributed by atoms with E-state index in [0.717, 1.165) is 58.2 Å². The summed E-state index contributed by atoms with van der Waals surface area (Å²) in [5.41, 5.74) is 5.52. The number of nitrogens with zero attached hydrogens (tertiary/aromatic N) is 4. The number of pyridine rings is 1. The molecule has 1 saturated heterocycles. The predicted molar refractivity (Wildman–Crippen MR) is 164 cm³/mol. The summed E-state index contributed by atoms with van der Waals surface area (Å²) in [7, 11) is 0. The molecule has 2 bridgehead atoms. The summed E-state index contributed by atoms with van der Waals surface area (Å²) in [6, 6.07) is 7.33. The van der Waals surface area contributed by atoms with Crippen LogP contribution < -0.4 is 0 Å². The van der Waals surface area contributed by atoms with E-state index in [1.165, 1.54) is 6.92 Å². The molecule has 1 aliphatic carbocycles. The average Bonchev–Trinajstić information content (AvgIpc) is 3.37. The first-order chi connectivity index (χ1) is 20.6. The van der Waals surface area contributed by atoms with Gasteiger partial charge in [0, 0.05) is 36.9 Å². The van der Waals surface area contributed by atoms with Gasteiger partial charge in [-0.05, 0) is 88.0 Å². The normalized spacial score (nSPS) is 25.0. The Labute approximate surface area is 252 Å². The molecule has 8 nitrogen and oxygen atoms in total. The van der Waals surface area contributed by atoms with Crippen molar-refractivity contribution in [2.24, 2.45) is 5.41 Å². The molecule has 0 radical (unpaired) electrons. The van der Waals surface area contributed by atoms with Crippen LogP contribution in [-0.4, -0.2) is 55.0 Å². The fourth-order valence-electron chi connectivity index (χ4n) is 7.33. The summed E-state index contributed by atoms with van der Waals surface area (Å²) in [4.78, 5) is 60.0. The standard InChI is InChI=1S/C35H40N4O4/c1-21-15-25-9-7-5-6-8-10-26(41)13-14-35-18-29(30(42)17-28-22(2)11-12-23(3)36-28)39(31(35)19-35)32(43)20-38-34(25)27(16-21)33(37-38)24(4)40/h5,7,11-12,15-16,29,31H,6,8-10,13-14,17-20H2,1-4H3/b7-5+/t29-,31+,35-/m0/s1. The number of carbonyl (C=O) groups excluding carboxylic acids is 4. The zero-order valence-corrected chi connectivity index (χ0v) is 25.6. The van der Waals surface area contributed by atoms with Crippen molar-refractivity contribution in [1.29, 1.82) is 0 Å². The van der Waals surface area contributed by atoms with Crippen molar-refractivity contribution in [3.05, 3.63) is 70.2 Å². The Bertz CT molecular complexity index is 1680. The first-order valence-electron chi connectivity index (χ1n) is 15.5. The second-order valence-electron chi connectivity index (χ2n) is 13.0. The monoisotopic (exact) mass is 580 g/mol. The molecule has 3 aliphatic rings. The van der Waals surface area contributed by atoms with Gasteiger partial charge in [0.05, 0.1) is 23.7 Å². The number of hydrogen-bond acceptors (Lipinski definition) is 6. The van der Waals surface area contributed by atoms with Gasteiger partial charge >= 0.3 is 0 Å². The van der Waals surface area contributed by atoms with E-state index in [1.54, 1.807) is 9.58 Å². The molecule has 0 unspecified atom stereocenters. The lowest BCUT2D eigenvalue weighted by atomic mass is 9.90. The van der Waals surface area contributed by atoms with E-state index in [-0.39, 0.29) is 47.7 Å². The van der Waals surface area contributed by atoms with Crippen molar-refractivity contribution in [1.82, 2.24) is 19.7 Å². The molecule has 1 saturated carbocycles. The number of benzene rings is 1. The summed E-state index contributed by atoms with van der Waals surface area (Å²) in [5, 5.41) is 5.43. The highest BCUT2D eigenvalue weighted by atomic mass is 16.2. The van der Waals surface area contributed by atoms with Gasteiger partial charge in [0.15, 0.2) is 11.6 Å². The summed E-state index contributed by atoms with van der Waals surface area (Å²) in [5.74, 6) is -0.0826. The Morgan fingerprint density at radius 1 is 1.05 bits per heavy atom. The van der Waals surface area contributed by atoms with Gasteiger partial charge < -0.3 is 4.90 Å². The Hall–Kier alpha value is -3.94. The molecule has 3 atom stereocenters. The molecule has 0 N–H and O–H groups in total. The Balaban J connectivity index is 1.39. The Morgan fingerprint density at radius 3 is 2.65 bits per heavy atom. The fourth-order valence-corrected chi connectivity index (χ4v) is 7.33. The van der Waals surface area contributed by atoms with Gasteiger partial charge in [-0.2, -0.15) is 5.10 Å². The van der Waals surface area contributed by atoms with Crippen LogP contribution in [0.25, 0.3) is 10.9 Å². The molecule has 3 aromatic rings. The maximum atomic E-state index is 14.2. The molecule has 2 fully saturated rings. The zero-order chi connectivity index (χ0) is 30.5. The summed E-state index contributed by atoms with van der Waals surface area (Å²) < 4.78 is 1.68. The van der Waals surface area contributed by atoms with Crippen LogP contribution in [0.2, 0.25) is 0 Å². The average molecular weight is 581 g/mol. The lowest BCUT2D eigenvalue weighted by Crippen LogP contribution is -2.45. The van der Waals surface area contributed by atoms with Gasteiger partial charge in [-0.25, -0.2) is 0 Å². The van der Waals surface area contributed by atoms with E-state index in [1.807, 2.05) is 39.0 Å². The van der Waals surface area contributed by atoms with E-state index in [9.17, 15) is 19.2 Å². The van der Waals surface area contributed by atoms with E-state index >= 15 is 0 Å². The Kier molecular flexibility index (Phi) is 7.65. The number of Topliss-reactive ketones (excluding diaryl/α,β-unsaturated/α-hetero) is 3. The molecular formula is C35H40N4O4. The summed E-state index contributed by atoms with van der Waals surface area (Å²) in [6.07, 6.45) is 9.73. The molecule has 43 heavy (non-hydrogen) atoms. The molecule has 0 spiro atoms. The molecule has 4 heterocycles. The van der Waals surface area contributed by atoms with Crippen LogP contribution in [0, 0.1) is 26.2 Å². The molecule has 1 amide bonds. The number of hydrogen-bond donors (Lipinski definition) is 0. The lowest BCUT2D eigenvalue weighted by Gasteiger charge is -2.27.